The Morgan fingerprint density at radius 2 is 2.24 bits per heavy atom. The number of nitrogens with one attached hydrogen (secondary N) is 1. The number of pyridine rings is 1. The Balaban J connectivity index is 2.12. The molecule has 1 aromatic rings. The molecule has 0 spiro atoms. The van der Waals surface area contributed by atoms with E-state index in [0.717, 1.165) is 19.0 Å². The predicted octanol–water partition coefficient (Wildman–Crippen LogP) is 0.943. The minimum absolute atomic E-state index is 0.567. The van der Waals surface area contributed by atoms with Crippen LogP contribution in [0.3, 0.4) is 0 Å². The number of anilines is 1. The van der Waals surface area contributed by atoms with Crippen molar-refractivity contribution in [2.45, 2.75) is 0 Å². The predicted molar refractivity (Wildman–Crippen MR) is 66.8 cm³/mol. The molecular weight excluding hydrogens is 216 g/mol. The molecule has 5 nitrogen and oxygen atoms in total. The molecule has 0 amide bonds. The number of hydrogen-bond acceptors (Lipinski definition) is 5. The molecule has 0 bridgehead atoms. The molecule has 0 radical (unpaired) electrons. The lowest BCUT2D eigenvalue weighted by molar-refractivity contribution is 0.126. The van der Waals surface area contributed by atoms with Crippen LogP contribution in [0.25, 0.3) is 0 Å². The maximum absolute atomic E-state index is 8.61. The van der Waals surface area contributed by atoms with Gasteiger partial charge in [-0.3, -0.25) is 0 Å². The molecule has 1 N–H and O–H groups in total. The fraction of sp³-hybridized carbons (Fsp3) is 0.500. The summed E-state index contributed by atoms with van der Waals surface area (Å²) < 4.78 is 5.43. The van der Waals surface area contributed by atoms with Crippen molar-refractivity contribution >= 4 is 5.82 Å². The molecule has 1 heterocycles. The minimum Gasteiger partial charge on any atom is -0.378 e. The first-order valence-corrected chi connectivity index (χ1v) is 5.55. The van der Waals surface area contributed by atoms with Gasteiger partial charge in [-0.2, -0.15) is 5.26 Å². The summed E-state index contributed by atoms with van der Waals surface area (Å²) in [7, 11) is 4.03. The van der Waals surface area contributed by atoms with Crippen molar-refractivity contribution in [3.05, 3.63) is 23.9 Å². The molecule has 0 fully saturated rings. The Morgan fingerprint density at radius 3 is 2.82 bits per heavy atom. The number of rotatable bonds is 7. The van der Waals surface area contributed by atoms with Gasteiger partial charge in [-0.1, -0.05) is 0 Å². The first kappa shape index (κ1) is 13.4. The number of nitrogens with zero attached hydrogens (tertiary/aromatic N) is 3. The third-order valence-corrected chi connectivity index (χ3v) is 2.13. The van der Waals surface area contributed by atoms with E-state index in [1.165, 1.54) is 0 Å². The average molecular weight is 234 g/mol. The topological polar surface area (TPSA) is 61.2 Å². The summed E-state index contributed by atoms with van der Waals surface area (Å²) in [5.74, 6) is 0.764. The highest BCUT2D eigenvalue weighted by molar-refractivity contribution is 5.38. The zero-order valence-electron chi connectivity index (χ0n) is 10.3. The molecule has 17 heavy (non-hydrogen) atoms. The average Bonchev–Trinajstić information content (AvgIpc) is 2.34. The van der Waals surface area contributed by atoms with Crippen molar-refractivity contribution < 1.29 is 4.74 Å². The minimum atomic E-state index is 0.567. The van der Waals surface area contributed by atoms with Gasteiger partial charge in [-0.05, 0) is 26.2 Å². The van der Waals surface area contributed by atoms with E-state index < -0.39 is 0 Å². The van der Waals surface area contributed by atoms with Crippen molar-refractivity contribution in [1.82, 2.24) is 9.88 Å². The zero-order valence-corrected chi connectivity index (χ0v) is 10.3. The Morgan fingerprint density at radius 1 is 1.41 bits per heavy atom. The van der Waals surface area contributed by atoms with E-state index in [0.29, 0.717) is 18.7 Å². The summed E-state index contributed by atoms with van der Waals surface area (Å²) in [4.78, 5) is 6.18. The SMILES string of the molecule is CN(C)CCOCCNc1ccc(C#N)cn1. The van der Waals surface area contributed by atoms with Crippen LogP contribution in [0, 0.1) is 11.3 Å². The molecule has 1 aromatic heterocycles. The highest BCUT2D eigenvalue weighted by Crippen LogP contribution is 2.02. The van der Waals surface area contributed by atoms with Gasteiger partial charge in [0.25, 0.3) is 0 Å². The summed E-state index contributed by atoms with van der Waals surface area (Å²) in [5, 5.41) is 11.7. The fourth-order valence-corrected chi connectivity index (χ4v) is 1.17. The van der Waals surface area contributed by atoms with Crippen molar-refractivity contribution in [1.29, 1.82) is 5.26 Å². The van der Waals surface area contributed by atoms with E-state index in [9.17, 15) is 0 Å². The summed E-state index contributed by atoms with van der Waals surface area (Å²) in [6, 6.07) is 5.56. The van der Waals surface area contributed by atoms with Crippen LogP contribution in [0.5, 0.6) is 0 Å². The second-order valence-corrected chi connectivity index (χ2v) is 3.89. The van der Waals surface area contributed by atoms with E-state index in [2.05, 4.69) is 15.2 Å². The van der Waals surface area contributed by atoms with Gasteiger partial charge in [0.15, 0.2) is 0 Å². The summed E-state index contributed by atoms with van der Waals surface area (Å²) >= 11 is 0. The Hall–Kier alpha value is -1.64. The molecule has 0 aliphatic rings. The molecule has 0 atom stereocenters. The van der Waals surface area contributed by atoms with Crippen molar-refractivity contribution in [3.63, 3.8) is 0 Å². The van der Waals surface area contributed by atoms with E-state index >= 15 is 0 Å². The lowest BCUT2D eigenvalue weighted by Gasteiger charge is -2.10. The number of nitriles is 1. The van der Waals surface area contributed by atoms with E-state index in [4.69, 9.17) is 10.00 Å². The van der Waals surface area contributed by atoms with Crippen LogP contribution in [0.1, 0.15) is 5.56 Å². The van der Waals surface area contributed by atoms with Crippen molar-refractivity contribution in [2.24, 2.45) is 0 Å². The summed E-state index contributed by atoms with van der Waals surface area (Å²) in [6.45, 7) is 3.02. The molecule has 1 rings (SSSR count). The van der Waals surface area contributed by atoms with Gasteiger partial charge in [0, 0.05) is 19.3 Å². The number of aromatic nitrogens is 1. The number of likely N-dealkylation sites (N-methyl/N-ethyl adjacent to an activating group) is 1. The molecule has 0 saturated heterocycles. The van der Waals surface area contributed by atoms with E-state index in [1.54, 1.807) is 18.3 Å². The number of ether oxygens (including phenoxy) is 1. The molecular formula is C12H18N4O. The lowest BCUT2D eigenvalue weighted by Crippen LogP contribution is -2.20. The van der Waals surface area contributed by atoms with Crippen molar-refractivity contribution in [2.75, 3.05) is 45.7 Å². The molecule has 92 valence electrons. The zero-order chi connectivity index (χ0) is 12.5. The largest absolute Gasteiger partial charge is 0.378 e. The molecule has 0 unspecified atom stereocenters. The van der Waals surface area contributed by atoms with E-state index in [1.807, 2.05) is 20.2 Å². The van der Waals surface area contributed by atoms with Gasteiger partial charge in [-0.25, -0.2) is 4.98 Å². The maximum atomic E-state index is 8.61. The Labute approximate surface area is 102 Å². The highest BCUT2D eigenvalue weighted by atomic mass is 16.5. The second-order valence-electron chi connectivity index (χ2n) is 3.89. The molecule has 0 saturated carbocycles. The summed E-state index contributed by atoms with van der Waals surface area (Å²) in [6.07, 6.45) is 1.55. The van der Waals surface area contributed by atoms with Crippen LogP contribution in [0.2, 0.25) is 0 Å². The van der Waals surface area contributed by atoms with Gasteiger partial charge in [0.1, 0.15) is 11.9 Å². The quantitative estimate of drug-likeness (QED) is 0.711. The maximum Gasteiger partial charge on any atom is 0.126 e. The van der Waals surface area contributed by atoms with Gasteiger partial charge < -0.3 is 15.0 Å². The second kappa shape index (κ2) is 7.60. The van der Waals surface area contributed by atoms with Gasteiger partial charge >= 0.3 is 0 Å². The Bertz CT molecular complexity index is 356. The number of hydrogen-bond donors (Lipinski definition) is 1. The first-order chi connectivity index (χ1) is 8.22. The third-order valence-electron chi connectivity index (χ3n) is 2.13. The van der Waals surface area contributed by atoms with Crippen LogP contribution in [0.15, 0.2) is 18.3 Å². The van der Waals surface area contributed by atoms with Crippen LogP contribution in [-0.2, 0) is 4.74 Å². The molecule has 0 aliphatic carbocycles. The molecule has 0 aromatic carbocycles. The monoisotopic (exact) mass is 234 g/mol. The molecule has 5 heteroatoms. The van der Waals surface area contributed by atoms with Crippen LogP contribution >= 0.6 is 0 Å². The highest BCUT2D eigenvalue weighted by Gasteiger charge is 1.95. The fourth-order valence-electron chi connectivity index (χ4n) is 1.17. The van der Waals surface area contributed by atoms with Gasteiger partial charge in [0.05, 0.1) is 18.8 Å². The van der Waals surface area contributed by atoms with Gasteiger partial charge in [-0.15, -0.1) is 0 Å². The Kier molecular flexibility index (Phi) is 6.00. The van der Waals surface area contributed by atoms with Crippen molar-refractivity contribution in [3.8, 4) is 6.07 Å². The first-order valence-electron chi connectivity index (χ1n) is 5.55. The third kappa shape index (κ3) is 5.85. The van der Waals surface area contributed by atoms with Crippen LogP contribution < -0.4 is 5.32 Å². The smallest absolute Gasteiger partial charge is 0.126 e. The van der Waals surface area contributed by atoms with E-state index in [-0.39, 0.29) is 0 Å². The van der Waals surface area contributed by atoms with Gasteiger partial charge in [0.2, 0.25) is 0 Å². The van der Waals surface area contributed by atoms with Crippen LogP contribution in [-0.4, -0.2) is 50.3 Å². The summed E-state index contributed by atoms with van der Waals surface area (Å²) in [5.41, 5.74) is 0.567. The normalized spacial score (nSPS) is 10.2. The standard InChI is InChI=1S/C12H18N4O/c1-16(2)6-8-17-7-5-14-12-4-3-11(9-13)10-15-12/h3-4,10H,5-8H2,1-2H3,(H,14,15). The van der Waals surface area contributed by atoms with Crippen LogP contribution in [0.4, 0.5) is 5.82 Å². The molecule has 0 aliphatic heterocycles. The lowest BCUT2D eigenvalue weighted by atomic mass is 10.3.